The van der Waals surface area contributed by atoms with E-state index < -0.39 is 0 Å². The number of halogens is 3. The van der Waals surface area contributed by atoms with Crippen LogP contribution in [0.5, 0.6) is 0 Å². The fourth-order valence-corrected chi connectivity index (χ4v) is 1.68. The number of hydrogen-bond acceptors (Lipinski definition) is 1. The van der Waals surface area contributed by atoms with Crippen LogP contribution in [0.4, 0.5) is 0 Å². The molecule has 4 heteroatoms. The van der Waals surface area contributed by atoms with Crippen LogP contribution in [0, 0.1) is 0 Å². The predicted molar refractivity (Wildman–Crippen MR) is 55.6 cm³/mol. The van der Waals surface area contributed by atoms with E-state index >= 15 is 0 Å². The van der Waals surface area contributed by atoms with Crippen molar-refractivity contribution >= 4 is 40.0 Å². The van der Waals surface area contributed by atoms with Crippen molar-refractivity contribution in [1.82, 2.24) is 0 Å². The highest BCUT2D eigenvalue weighted by molar-refractivity contribution is 6.63. The minimum absolute atomic E-state index is 0.255. The lowest BCUT2D eigenvalue weighted by atomic mass is 10.1. The molecule has 0 unspecified atom stereocenters. The number of carbonyl (C=O) groups is 1. The van der Waals surface area contributed by atoms with Crippen molar-refractivity contribution in [3.8, 4) is 0 Å². The molecular weight excluding hydrogens is 230 g/mol. The normalized spacial score (nSPS) is 10.1. The van der Waals surface area contributed by atoms with Gasteiger partial charge in [0.05, 0.1) is 0 Å². The Morgan fingerprint density at radius 3 is 2.23 bits per heavy atom. The third-order valence-corrected chi connectivity index (χ3v) is 2.53. The van der Waals surface area contributed by atoms with Gasteiger partial charge < -0.3 is 0 Å². The topological polar surface area (TPSA) is 17.1 Å². The van der Waals surface area contributed by atoms with Crippen molar-refractivity contribution < 1.29 is 4.79 Å². The molecule has 0 radical (unpaired) electrons. The lowest BCUT2D eigenvalue weighted by Gasteiger charge is -2.03. The van der Waals surface area contributed by atoms with Gasteiger partial charge >= 0.3 is 0 Å². The molecule has 0 aromatic heterocycles. The number of carbonyl (C=O) groups excluding carboxylic acids is 1. The summed E-state index contributed by atoms with van der Waals surface area (Å²) in [6, 6.07) is 5.24. The lowest BCUT2D eigenvalue weighted by Crippen LogP contribution is -1.93. The van der Waals surface area contributed by atoms with Gasteiger partial charge in [-0.3, -0.25) is 4.79 Å². The molecule has 1 nitrogen and oxygen atoms in total. The second-order valence-corrected chi connectivity index (χ2v) is 3.79. The first-order chi connectivity index (χ1) is 6.11. The molecule has 0 amide bonds. The van der Waals surface area contributed by atoms with Crippen LogP contribution in [0.3, 0.4) is 0 Å². The van der Waals surface area contributed by atoms with Crippen molar-refractivity contribution in [1.29, 1.82) is 0 Å². The van der Waals surface area contributed by atoms with E-state index in [1.807, 2.05) is 0 Å². The summed E-state index contributed by atoms with van der Waals surface area (Å²) in [4.78, 5) is 10.5. The molecule has 1 aromatic carbocycles. The Labute approximate surface area is 91.6 Å². The molecular formula is C9H7Cl3O. The van der Waals surface area contributed by atoms with Gasteiger partial charge in [0.15, 0.2) is 0 Å². The fraction of sp³-hybridized carbons (Fsp3) is 0.222. The molecule has 0 bridgehead atoms. The summed E-state index contributed by atoms with van der Waals surface area (Å²) >= 11 is 17.0. The summed E-state index contributed by atoms with van der Waals surface area (Å²) in [7, 11) is 0. The molecule has 0 N–H and O–H groups in total. The molecule has 0 fully saturated rings. The van der Waals surface area contributed by atoms with Gasteiger partial charge in [0.25, 0.3) is 0 Å². The van der Waals surface area contributed by atoms with Gasteiger partial charge in [0.1, 0.15) is 0 Å². The van der Waals surface area contributed by atoms with Crippen LogP contribution in [0.2, 0.25) is 10.0 Å². The first kappa shape index (κ1) is 10.8. The zero-order valence-electron chi connectivity index (χ0n) is 6.69. The van der Waals surface area contributed by atoms with Crippen LogP contribution in [0.1, 0.15) is 12.0 Å². The molecule has 0 aliphatic heterocycles. The molecule has 70 valence electrons. The van der Waals surface area contributed by atoms with E-state index in [0.29, 0.717) is 16.5 Å². The quantitative estimate of drug-likeness (QED) is 0.733. The standard InChI is InChI=1S/C9H7Cl3O/c10-7-2-1-3-8(11)6(7)4-5-9(12)13/h1-3H,4-5H2. The molecule has 0 spiro atoms. The van der Waals surface area contributed by atoms with Crippen molar-refractivity contribution in [3.05, 3.63) is 33.8 Å². The van der Waals surface area contributed by atoms with Gasteiger partial charge in [-0.25, -0.2) is 0 Å². The van der Waals surface area contributed by atoms with Gasteiger partial charge in [-0.1, -0.05) is 29.3 Å². The molecule has 13 heavy (non-hydrogen) atoms. The van der Waals surface area contributed by atoms with Crippen LogP contribution in [0.15, 0.2) is 18.2 Å². The molecule has 0 atom stereocenters. The van der Waals surface area contributed by atoms with E-state index in [0.717, 1.165) is 5.56 Å². The summed E-state index contributed by atoms with van der Waals surface area (Å²) in [6.45, 7) is 0. The Kier molecular flexibility index (Phi) is 4.04. The van der Waals surface area contributed by atoms with E-state index in [9.17, 15) is 4.79 Å². The fourth-order valence-electron chi connectivity index (χ4n) is 0.994. The van der Waals surface area contributed by atoms with Gasteiger partial charge in [0.2, 0.25) is 5.24 Å². The highest BCUT2D eigenvalue weighted by Crippen LogP contribution is 2.25. The average Bonchev–Trinajstić information content (AvgIpc) is 2.03. The minimum Gasteiger partial charge on any atom is -0.281 e. The van der Waals surface area contributed by atoms with Gasteiger partial charge in [-0.2, -0.15) is 0 Å². The molecule has 0 saturated carbocycles. The van der Waals surface area contributed by atoms with E-state index in [4.69, 9.17) is 34.8 Å². The molecule has 0 heterocycles. The van der Waals surface area contributed by atoms with Crippen molar-refractivity contribution in [2.24, 2.45) is 0 Å². The highest BCUT2D eigenvalue weighted by atomic mass is 35.5. The zero-order valence-corrected chi connectivity index (χ0v) is 8.96. The first-order valence-electron chi connectivity index (χ1n) is 3.72. The molecule has 0 aliphatic rings. The Balaban J connectivity index is 2.81. The Morgan fingerprint density at radius 1 is 1.23 bits per heavy atom. The summed E-state index contributed by atoms with van der Waals surface area (Å²) in [5.74, 6) is 0. The van der Waals surface area contributed by atoms with Crippen LogP contribution in [-0.2, 0) is 11.2 Å². The predicted octanol–water partition coefficient (Wildman–Crippen LogP) is 3.69. The van der Waals surface area contributed by atoms with E-state index in [1.165, 1.54) is 0 Å². The highest BCUT2D eigenvalue weighted by Gasteiger charge is 2.06. The second-order valence-electron chi connectivity index (χ2n) is 2.56. The third-order valence-electron chi connectivity index (χ3n) is 1.63. The molecule has 1 rings (SSSR count). The molecule has 1 aromatic rings. The summed E-state index contributed by atoms with van der Waals surface area (Å²) in [5.41, 5.74) is 0.778. The number of benzene rings is 1. The smallest absolute Gasteiger partial charge is 0.221 e. The van der Waals surface area contributed by atoms with Gasteiger partial charge in [0, 0.05) is 16.5 Å². The maximum absolute atomic E-state index is 10.5. The van der Waals surface area contributed by atoms with Crippen LogP contribution in [0.25, 0.3) is 0 Å². The lowest BCUT2D eigenvalue weighted by molar-refractivity contribution is -0.111. The monoisotopic (exact) mass is 236 g/mol. The van der Waals surface area contributed by atoms with Crippen molar-refractivity contribution in [2.75, 3.05) is 0 Å². The van der Waals surface area contributed by atoms with Crippen LogP contribution >= 0.6 is 34.8 Å². The minimum atomic E-state index is -0.379. The van der Waals surface area contributed by atoms with Gasteiger partial charge in [-0.05, 0) is 35.7 Å². The van der Waals surface area contributed by atoms with Crippen molar-refractivity contribution in [3.63, 3.8) is 0 Å². The largest absolute Gasteiger partial charge is 0.281 e. The summed E-state index contributed by atoms with van der Waals surface area (Å²) in [5, 5.41) is 0.770. The molecule has 0 saturated heterocycles. The van der Waals surface area contributed by atoms with E-state index in [-0.39, 0.29) is 11.7 Å². The average molecular weight is 238 g/mol. The Bertz CT molecular complexity index is 302. The van der Waals surface area contributed by atoms with Gasteiger partial charge in [-0.15, -0.1) is 0 Å². The maximum atomic E-state index is 10.5. The second kappa shape index (κ2) is 4.85. The van der Waals surface area contributed by atoms with Crippen LogP contribution < -0.4 is 0 Å². The summed E-state index contributed by atoms with van der Waals surface area (Å²) in [6.07, 6.45) is 0.742. The Hall–Kier alpha value is -0.240. The van der Waals surface area contributed by atoms with Crippen molar-refractivity contribution in [2.45, 2.75) is 12.8 Å². The number of rotatable bonds is 3. The summed E-state index contributed by atoms with van der Waals surface area (Å²) < 4.78 is 0. The molecule has 0 aliphatic carbocycles. The van der Waals surface area contributed by atoms with E-state index in [1.54, 1.807) is 18.2 Å². The van der Waals surface area contributed by atoms with E-state index in [2.05, 4.69) is 0 Å². The third kappa shape index (κ3) is 3.18. The Morgan fingerprint density at radius 2 is 1.77 bits per heavy atom. The zero-order chi connectivity index (χ0) is 9.84. The first-order valence-corrected chi connectivity index (χ1v) is 4.86. The van der Waals surface area contributed by atoms with Crippen LogP contribution in [-0.4, -0.2) is 5.24 Å². The SMILES string of the molecule is O=C(Cl)CCc1c(Cl)cccc1Cl. The maximum Gasteiger partial charge on any atom is 0.221 e. The number of hydrogen-bond donors (Lipinski definition) is 0.